The minimum absolute atomic E-state index is 0.00859. The van der Waals surface area contributed by atoms with Crippen molar-refractivity contribution in [3.05, 3.63) is 0 Å². The smallest absolute Gasteiger partial charge is 0.223 e. The Morgan fingerprint density at radius 2 is 1.79 bits per heavy atom. The van der Waals surface area contributed by atoms with Gasteiger partial charge in [-0.3, -0.25) is 4.79 Å². The predicted molar refractivity (Wildman–Crippen MR) is 59.0 cm³/mol. The van der Waals surface area contributed by atoms with Gasteiger partial charge < -0.3 is 4.90 Å². The average Bonchev–Trinajstić information content (AvgIpc) is 2.03. The molecule has 0 aromatic carbocycles. The third-order valence-corrected chi connectivity index (χ3v) is 3.99. The Labute approximate surface area is 87.7 Å². The van der Waals surface area contributed by atoms with Crippen molar-refractivity contribution < 1.29 is 4.79 Å². The molecular formula is C12H23NO. The van der Waals surface area contributed by atoms with Crippen LogP contribution < -0.4 is 0 Å². The quantitative estimate of drug-likeness (QED) is 0.584. The van der Waals surface area contributed by atoms with E-state index >= 15 is 0 Å². The van der Waals surface area contributed by atoms with Gasteiger partial charge in [-0.1, -0.05) is 20.8 Å². The number of hydrogen-bond donors (Lipinski definition) is 0. The summed E-state index contributed by atoms with van der Waals surface area (Å²) in [6.07, 6.45) is 1.76. The summed E-state index contributed by atoms with van der Waals surface area (Å²) in [6.45, 7) is 11.0. The molecule has 1 aliphatic rings. The summed E-state index contributed by atoms with van der Waals surface area (Å²) >= 11 is 0. The van der Waals surface area contributed by atoms with Crippen molar-refractivity contribution in [3.8, 4) is 0 Å². The van der Waals surface area contributed by atoms with E-state index in [1.165, 1.54) is 0 Å². The molecule has 1 atom stereocenters. The lowest BCUT2D eigenvalue weighted by atomic mass is 9.72. The molecule has 0 N–H and O–H groups in total. The minimum Gasteiger partial charge on any atom is -0.341 e. The van der Waals surface area contributed by atoms with E-state index in [0.29, 0.717) is 12.3 Å². The van der Waals surface area contributed by atoms with Crippen molar-refractivity contribution in [2.24, 2.45) is 11.3 Å². The fraction of sp³-hybridized carbons (Fsp3) is 0.917. The fourth-order valence-corrected chi connectivity index (χ4v) is 2.42. The van der Waals surface area contributed by atoms with Crippen LogP contribution in [0.3, 0.4) is 0 Å². The number of nitrogens with zero attached hydrogens (tertiary/aromatic N) is 1. The molecule has 1 aliphatic heterocycles. The van der Waals surface area contributed by atoms with Gasteiger partial charge in [-0.2, -0.15) is 0 Å². The molecule has 1 unspecified atom stereocenters. The Hall–Kier alpha value is -0.530. The molecule has 2 heteroatoms. The van der Waals surface area contributed by atoms with Gasteiger partial charge in [-0.15, -0.1) is 0 Å². The van der Waals surface area contributed by atoms with Gasteiger partial charge in [0.2, 0.25) is 5.91 Å². The molecule has 0 aliphatic carbocycles. The maximum Gasteiger partial charge on any atom is 0.223 e. The van der Waals surface area contributed by atoms with Crippen LogP contribution in [0.1, 0.15) is 47.5 Å². The molecule has 1 heterocycles. The van der Waals surface area contributed by atoms with Crippen LogP contribution in [0.25, 0.3) is 0 Å². The number of carbonyl (C=O) groups is 1. The van der Waals surface area contributed by atoms with Gasteiger partial charge in [0.1, 0.15) is 0 Å². The summed E-state index contributed by atoms with van der Waals surface area (Å²) in [5.74, 6) is 0.757. The van der Waals surface area contributed by atoms with Crippen molar-refractivity contribution >= 4 is 5.91 Å². The van der Waals surface area contributed by atoms with Crippen LogP contribution in [0, 0.1) is 11.3 Å². The molecule has 2 nitrogen and oxygen atoms in total. The summed E-state index contributed by atoms with van der Waals surface area (Å²) in [4.78, 5) is 13.8. The number of carbonyl (C=O) groups excluding carboxylic acids is 1. The van der Waals surface area contributed by atoms with Crippen molar-refractivity contribution in [2.75, 3.05) is 7.05 Å². The summed E-state index contributed by atoms with van der Waals surface area (Å²) in [5, 5.41) is 0. The van der Waals surface area contributed by atoms with Gasteiger partial charge in [0.25, 0.3) is 0 Å². The molecule has 1 fully saturated rings. The highest BCUT2D eigenvalue weighted by Gasteiger charge is 2.41. The van der Waals surface area contributed by atoms with Gasteiger partial charge in [-0.25, -0.2) is 0 Å². The lowest BCUT2D eigenvalue weighted by Crippen LogP contribution is -2.44. The van der Waals surface area contributed by atoms with Crippen molar-refractivity contribution in [2.45, 2.75) is 53.0 Å². The van der Waals surface area contributed by atoms with E-state index in [4.69, 9.17) is 0 Å². The van der Waals surface area contributed by atoms with Crippen LogP contribution in [0.4, 0.5) is 0 Å². The van der Waals surface area contributed by atoms with E-state index in [-0.39, 0.29) is 16.9 Å². The number of rotatable bonds is 0. The molecule has 1 saturated heterocycles. The largest absolute Gasteiger partial charge is 0.341 e. The second-order valence-corrected chi connectivity index (χ2v) is 6.04. The van der Waals surface area contributed by atoms with Gasteiger partial charge in [0, 0.05) is 19.0 Å². The lowest BCUT2D eigenvalue weighted by Gasteiger charge is -2.39. The zero-order chi connectivity index (χ0) is 11.1. The average molecular weight is 197 g/mol. The Morgan fingerprint density at radius 1 is 1.29 bits per heavy atom. The third-order valence-electron chi connectivity index (χ3n) is 3.99. The molecule has 14 heavy (non-hydrogen) atoms. The summed E-state index contributed by atoms with van der Waals surface area (Å²) in [5.41, 5.74) is 0.245. The summed E-state index contributed by atoms with van der Waals surface area (Å²) in [6, 6.07) is 0. The van der Waals surface area contributed by atoms with Crippen LogP contribution >= 0.6 is 0 Å². The molecule has 0 saturated carbocycles. The molecule has 0 aromatic heterocycles. The molecule has 0 bridgehead atoms. The second-order valence-electron chi connectivity index (χ2n) is 6.04. The normalized spacial score (nSPS) is 31.4. The van der Waals surface area contributed by atoms with Gasteiger partial charge in [-0.05, 0) is 31.6 Å². The van der Waals surface area contributed by atoms with E-state index in [0.717, 1.165) is 6.42 Å². The summed E-state index contributed by atoms with van der Waals surface area (Å²) in [7, 11) is 1.93. The van der Waals surface area contributed by atoms with E-state index in [9.17, 15) is 4.79 Å². The number of likely N-dealkylation sites (tertiary alicyclic amines) is 1. The standard InChI is InChI=1S/C12H23NO/c1-9-7-10(14)13(6)12(4,5)8-11(9,2)3/h9H,7-8H2,1-6H3. The van der Waals surface area contributed by atoms with Crippen LogP contribution in [0.2, 0.25) is 0 Å². The zero-order valence-electron chi connectivity index (χ0n) is 10.3. The van der Waals surface area contributed by atoms with Gasteiger partial charge in [0.05, 0.1) is 0 Å². The van der Waals surface area contributed by atoms with Crippen molar-refractivity contribution in [1.82, 2.24) is 4.90 Å². The Bertz CT molecular complexity index is 243. The first-order chi connectivity index (χ1) is 6.17. The van der Waals surface area contributed by atoms with E-state index in [2.05, 4.69) is 34.6 Å². The molecule has 1 rings (SSSR count). The Morgan fingerprint density at radius 3 is 2.29 bits per heavy atom. The first kappa shape index (κ1) is 11.5. The molecule has 0 radical (unpaired) electrons. The van der Waals surface area contributed by atoms with E-state index in [1.807, 2.05) is 11.9 Å². The van der Waals surface area contributed by atoms with Crippen LogP contribution in [0.5, 0.6) is 0 Å². The van der Waals surface area contributed by atoms with Crippen LogP contribution in [-0.2, 0) is 4.79 Å². The van der Waals surface area contributed by atoms with Crippen molar-refractivity contribution in [3.63, 3.8) is 0 Å². The lowest BCUT2D eigenvalue weighted by molar-refractivity contribution is -0.134. The predicted octanol–water partition coefficient (Wildman–Crippen LogP) is 2.68. The fourth-order valence-electron chi connectivity index (χ4n) is 2.42. The molecule has 1 amide bonds. The topological polar surface area (TPSA) is 20.3 Å². The van der Waals surface area contributed by atoms with Crippen LogP contribution in [-0.4, -0.2) is 23.4 Å². The highest BCUT2D eigenvalue weighted by atomic mass is 16.2. The van der Waals surface area contributed by atoms with E-state index < -0.39 is 0 Å². The van der Waals surface area contributed by atoms with E-state index in [1.54, 1.807) is 0 Å². The highest BCUT2D eigenvalue weighted by Crippen LogP contribution is 2.42. The zero-order valence-corrected chi connectivity index (χ0v) is 10.3. The highest BCUT2D eigenvalue weighted by molar-refractivity contribution is 5.77. The maximum absolute atomic E-state index is 11.9. The maximum atomic E-state index is 11.9. The molecular weight excluding hydrogens is 174 g/mol. The first-order valence-electron chi connectivity index (χ1n) is 5.43. The van der Waals surface area contributed by atoms with Gasteiger partial charge >= 0.3 is 0 Å². The number of hydrogen-bond acceptors (Lipinski definition) is 1. The van der Waals surface area contributed by atoms with Crippen molar-refractivity contribution in [1.29, 1.82) is 0 Å². The minimum atomic E-state index is -0.00859. The molecule has 0 spiro atoms. The van der Waals surface area contributed by atoms with Crippen LogP contribution in [0.15, 0.2) is 0 Å². The third kappa shape index (κ3) is 1.94. The SMILES string of the molecule is CC1CC(=O)N(C)C(C)(C)CC1(C)C. The second kappa shape index (κ2) is 3.25. The monoisotopic (exact) mass is 197 g/mol. The van der Waals surface area contributed by atoms with Gasteiger partial charge in [0.15, 0.2) is 0 Å². The summed E-state index contributed by atoms with van der Waals surface area (Å²) < 4.78 is 0. The molecule has 0 aromatic rings. The Balaban J connectivity index is 3.01. The molecule has 82 valence electrons. The number of amides is 1. The Kier molecular flexibility index (Phi) is 2.68. The first-order valence-corrected chi connectivity index (χ1v) is 5.43.